The van der Waals surface area contributed by atoms with Crippen LogP contribution in [0, 0.1) is 5.92 Å². The molecule has 0 atom stereocenters. The molecule has 3 rings (SSSR count). The summed E-state index contributed by atoms with van der Waals surface area (Å²) in [7, 11) is 0. The Morgan fingerprint density at radius 3 is 2.67 bits per heavy atom. The normalized spacial score (nSPS) is 14.9. The van der Waals surface area contributed by atoms with E-state index in [0.29, 0.717) is 17.7 Å². The summed E-state index contributed by atoms with van der Waals surface area (Å²) < 4.78 is 0. The van der Waals surface area contributed by atoms with Gasteiger partial charge in [-0.05, 0) is 17.5 Å². The number of carbonyl (C=O) groups excluding carboxylic acids is 1. The molecule has 0 spiro atoms. The molecular formula is C18H23N5O. The predicted molar refractivity (Wildman–Crippen MR) is 91.2 cm³/mol. The fraction of sp³-hybridized carbons (Fsp3) is 0.444. The smallest absolute Gasteiger partial charge is 0.274 e. The summed E-state index contributed by atoms with van der Waals surface area (Å²) in [6.07, 6.45) is 8.36. The molecule has 1 aliphatic heterocycles. The number of rotatable bonds is 6. The first-order chi connectivity index (χ1) is 11.6. The lowest BCUT2D eigenvalue weighted by Crippen LogP contribution is -2.61. The van der Waals surface area contributed by atoms with Gasteiger partial charge in [0.15, 0.2) is 0 Å². The molecule has 24 heavy (non-hydrogen) atoms. The number of pyridine rings is 1. The SMILES string of the molecule is CC(C)CN(Cc1cccnc1)C1CN(C(=O)c2cnccn2)C1. The molecule has 1 amide bonds. The van der Waals surface area contributed by atoms with Crippen molar-refractivity contribution < 1.29 is 4.79 Å². The molecule has 6 heteroatoms. The minimum atomic E-state index is -0.0368. The van der Waals surface area contributed by atoms with Crippen molar-refractivity contribution in [3.05, 3.63) is 54.4 Å². The molecule has 2 aromatic heterocycles. The van der Waals surface area contributed by atoms with E-state index in [0.717, 1.165) is 26.2 Å². The standard InChI is InChI=1S/C18H23N5O/c1-14(2)10-22(11-15-4-3-5-19-8-15)16-12-23(13-16)18(24)17-9-20-6-7-21-17/h3-9,14,16H,10-13H2,1-2H3. The maximum Gasteiger partial charge on any atom is 0.274 e. The largest absolute Gasteiger partial charge is 0.334 e. The Bertz CT molecular complexity index is 656. The number of carbonyl (C=O) groups is 1. The molecule has 0 aromatic carbocycles. The van der Waals surface area contributed by atoms with Crippen molar-refractivity contribution in [2.75, 3.05) is 19.6 Å². The predicted octanol–water partition coefficient (Wildman–Crippen LogP) is 1.85. The van der Waals surface area contributed by atoms with Gasteiger partial charge < -0.3 is 4.90 Å². The zero-order valence-corrected chi connectivity index (χ0v) is 14.2. The number of likely N-dealkylation sites (tertiary alicyclic amines) is 1. The van der Waals surface area contributed by atoms with E-state index in [1.807, 2.05) is 17.2 Å². The molecule has 0 N–H and O–H groups in total. The van der Waals surface area contributed by atoms with E-state index >= 15 is 0 Å². The van der Waals surface area contributed by atoms with Gasteiger partial charge in [-0.25, -0.2) is 4.98 Å². The fourth-order valence-corrected chi connectivity index (χ4v) is 2.96. The van der Waals surface area contributed by atoms with Gasteiger partial charge in [-0.2, -0.15) is 0 Å². The van der Waals surface area contributed by atoms with Crippen LogP contribution in [0.2, 0.25) is 0 Å². The summed E-state index contributed by atoms with van der Waals surface area (Å²) >= 11 is 0. The minimum absolute atomic E-state index is 0.0368. The molecule has 1 saturated heterocycles. The Hall–Kier alpha value is -2.34. The highest BCUT2D eigenvalue weighted by Gasteiger charge is 2.35. The molecule has 1 fully saturated rings. The number of hydrogen-bond donors (Lipinski definition) is 0. The highest BCUT2D eigenvalue weighted by Crippen LogP contribution is 2.20. The molecule has 2 aromatic rings. The molecule has 3 heterocycles. The summed E-state index contributed by atoms with van der Waals surface area (Å²) in [5, 5.41) is 0. The van der Waals surface area contributed by atoms with Crippen molar-refractivity contribution in [1.29, 1.82) is 0 Å². The lowest BCUT2D eigenvalue weighted by Gasteiger charge is -2.45. The van der Waals surface area contributed by atoms with E-state index < -0.39 is 0 Å². The minimum Gasteiger partial charge on any atom is -0.334 e. The molecule has 0 saturated carbocycles. The van der Waals surface area contributed by atoms with E-state index in [4.69, 9.17) is 0 Å². The van der Waals surface area contributed by atoms with Crippen molar-refractivity contribution in [2.24, 2.45) is 5.92 Å². The van der Waals surface area contributed by atoms with Crippen LogP contribution in [-0.4, -0.2) is 56.3 Å². The summed E-state index contributed by atoms with van der Waals surface area (Å²) in [6.45, 7) is 7.79. The summed E-state index contributed by atoms with van der Waals surface area (Å²) in [5.74, 6) is 0.539. The van der Waals surface area contributed by atoms with E-state index in [2.05, 4.69) is 39.8 Å². The lowest BCUT2D eigenvalue weighted by atomic mass is 10.0. The van der Waals surface area contributed by atoms with Gasteiger partial charge >= 0.3 is 0 Å². The molecule has 0 radical (unpaired) electrons. The molecule has 0 aliphatic carbocycles. The molecule has 6 nitrogen and oxygen atoms in total. The van der Waals surface area contributed by atoms with Gasteiger partial charge in [0.25, 0.3) is 5.91 Å². The van der Waals surface area contributed by atoms with Crippen LogP contribution in [0.3, 0.4) is 0 Å². The van der Waals surface area contributed by atoms with Gasteiger partial charge in [-0.1, -0.05) is 19.9 Å². The van der Waals surface area contributed by atoms with Crippen LogP contribution in [0.15, 0.2) is 43.1 Å². The van der Waals surface area contributed by atoms with Gasteiger partial charge in [0, 0.05) is 57.0 Å². The van der Waals surface area contributed by atoms with E-state index in [9.17, 15) is 4.79 Å². The number of nitrogens with zero attached hydrogens (tertiary/aromatic N) is 5. The van der Waals surface area contributed by atoms with Crippen LogP contribution in [0.4, 0.5) is 0 Å². The van der Waals surface area contributed by atoms with Crippen molar-refractivity contribution in [3.8, 4) is 0 Å². The molecule has 1 aliphatic rings. The van der Waals surface area contributed by atoms with Gasteiger partial charge in [-0.15, -0.1) is 0 Å². The monoisotopic (exact) mass is 325 g/mol. The Morgan fingerprint density at radius 1 is 1.25 bits per heavy atom. The summed E-state index contributed by atoms with van der Waals surface area (Å²) in [6, 6.07) is 4.45. The third kappa shape index (κ3) is 3.94. The van der Waals surface area contributed by atoms with Gasteiger partial charge in [0.05, 0.1) is 6.20 Å². The summed E-state index contributed by atoms with van der Waals surface area (Å²) in [5.41, 5.74) is 1.62. The first-order valence-electron chi connectivity index (χ1n) is 8.31. The Labute approximate surface area is 142 Å². The van der Waals surface area contributed by atoms with Crippen LogP contribution >= 0.6 is 0 Å². The Morgan fingerprint density at radius 2 is 2.04 bits per heavy atom. The van der Waals surface area contributed by atoms with E-state index in [1.54, 1.807) is 18.6 Å². The highest BCUT2D eigenvalue weighted by molar-refractivity contribution is 5.92. The van der Waals surface area contributed by atoms with Crippen molar-refractivity contribution >= 4 is 5.91 Å². The Balaban J connectivity index is 1.61. The van der Waals surface area contributed by atoms with Crippen LogP contribution in [0.5, 0.6) is 0 Å². The topological polar surface area (TPSA) is 62.2 Å². The second kappa shape index (κ2) is 7.49. The van der Waals surface area contributed by atoms with Gasteiger partial charge in [0.1, 0.15) is 5.69 Å². The average molecular weight is 325 g/mol. The second-order valence-electron chi connectivity index (χ2n) is 6.64. The zero-order chi connectivity index (χ0) is 16.9. The van der Waals surface area contributed by atoms with Gasteiger partial charge in [0.2, 0.25) is 0 Å². The third-order valence-electron chi connectivity index (χ3n) is 4.16. The highest BCUT2D eigenvalue weighted by atomic mass is 16.2. The Kier molecular flexibility index (Phi) is 5.15. The summed E-state index contributed by atoms with van der Waals surface area (Å²) in [4.78, 5) is 28.9. The molecular weight excluding hydrogens is 302 g/mol. The zero-order valence-electron chi connectivity index (χ0n) is 14.2. The van der Waals surface area contributed by atoms with Crippen LogP contribution in [0.1, 0.15) is 29.9 Å². The van der Waals surface area contributed by atoms with Gasteiger partial charge in [-0.3, -0.25) is 19.7 Å². The quantitative estimate of drug-likeness (QED) is 0.811. The number of aromatic nitrogens is 3. The number of hydrogen-bond acceptors (Lipinski definition) is 5. The first-order valence-corrected chi connectivity index (χ1v) is 8.31. The number of amides is 1. The van der Waals surface area contributed by atoms with Crippen LogP contribution < -0.4 is 0 Å². The maximum atomic E-state index is 12.4. The molecule has 126 valence electrons. The second-order valence-corrected chi connectivity index (χ2v) is 6.64. The van der Waals surface area contributed by atoms with E-state index in [-0.39, 0.29) is 5.91 Å². The van der Waals surface area contributed by atoms with Crippen molar-refractivity contribution in [1.82, 2.24) is 24.8 Å². The van der Waals surface area contributed by atoms with Crippen LogP contribution in [-0.2, 0) is 6.54 Å². The van der Waals surface area contributed by atoms with Crippen LogP contribution in [0.25, 0.3) is 0 Å². The maximum absolute atomic E-state index is 12.4. The molecule has 0 unspecified atom stereocenters. The van der Waals surface area contributed by atoms with Crippen molar-refractivity contribution in [2.45, 2.75) is 26.4 Å². The first kappa shape index (κ1) is 16.5. The third-order valence-corrected chi connectivity index (χ3v) is 4.16. The van der Waals surface area contributed by atoms with Crippen molar-refractivity contribution in [3.63, 3.8) is 0 Å². The lowest BCUT2D eigenvalue weighted by molar-refractivity contribution is 0.0192. The van der Waals surface area contributed by atoms with E-state index in [1.165, 1.54) is 11.8 Å². The average Bonchev–Trinajstić information content (AvgIpc) is 2.54. The molecule has 0 bridgehead atoms. The fourth-order valence-electron chi connectivity index (χ4n) is 2.96.